The van der Waals surface area contributed by atoms with Gasteiger partial charge in [-0.05, 0) is 0 Å². The maximum atomic E-state index is 15.1. The second-order valence-electron chi connectivity index (χ2n) is 6.76. The number of nitrogens with zero attached hydrogens (tertiary/aromatic N) is 5. The van der Waals surface area contributed by atoms with Crippen LogP contribution in [-0.2, 0) is 9.13 Å². The van der Waals surface area contributed by atoms with Crippen molar-refractivity contribution in [2.45, 2.75) is 0 Å². The summed E-state index contributed by atoms with van der Waals surface area (Å²) in [5.41, 5.74) is 0. The van der Waals surface area contributed by atoms with E-state index in [0.717, 1.165) is 0 Å². The molecule has 1 saturated heterocycles. The molecule has 1 aliphatic heterocycles. The van der Waals surface area contributed by atoms with Gasteiger partial charge in [0.1, 0.15) is 0 Å². The van der Waals surface area contributed by atoms with Crippen LogP contribution in [0, 0.1) is 0 Å². The molecule has 0 amide bonds. The smallest absolute Gasteiger partial charge is 0.270 e. The lowest BCUT2D eigenvalue weighted by Gasteiger charge is -2.47. The molecule has 0 radical (unpaired) electrons. The Morgan fingerprint density at radius 1 is 0.656 bits per heavy atom. The van der Waals surface area contributed by atoms with Crippen LogP contribution in [0.25, 0.3) is 0 Å². The summed E-state index contributed by atoms with van der Waals surface area (Å²) in [6.45, 7) is 2.91. The van der Waals surface area contributed by atoms with Gasteiger partial charge >= 0.3 is 0 Å². The topological polar surface area (TPSA) is 50.3 Å². The zero-order chi connectivity index (χ0) is 24.2. The molecule has 1 aliphatic rings. The lowest BCUT2D eigenvalue weighted by molar-refractivity contribution is 0.316. The van der Waals surface area contributed by atoms with E-state index in [4.69, 9.17) is 81.2 Å². The molecule has 0 bridgehead atoms. The molecule has 0 aliphatic carbocycles. The summed E-state index contributed by atoms with van der Waals surface area (Å²) in [6, 6.07) is 0. The van der Waals surface area contributed by atoms with E-state index in [2.05, 4.69) is 0 Å². The van der Waals surface area contributed by atoms with Gasteiger partial charge in [0.25, 0.3) is 15.2 Å². The van der Waals surface area contributed by atoms with Gasteiger partial charge in [-0.1, -0.05) is 0 Å². The molecule has 1 heterocycles. The van der Waals surface area contributed by atoms with Crippen LogP contribution in [0.15, 0.2) is 0 Å². The third kappa shape index (κ3) is 7.65. The van der Waals surface area contributed by atoms with Crippen molar-refractivity contribution in [2.24, 2.45) is 0 Å². The number of hydrogen-bond donors (Lipinski definition) is 0. The lowest BCUT2D eigenvalue weighted by atomic mass is 10.6. The molecule has 0 saturated carbocycles. The molecule has 16 heteroatoms. The van der Waals surface area contributed by atoms with Crippen molar-refractivity contribution in [3.8, 4) is 0 Å². The van der Waals surface area contributed by atoms with E-state index in [-0.39, 0.29) is 41.2 Å². The summed E-state index contributed by atoms with van der Waals surface area (Å²) in [5.74, 6) is 1.68. The van der Waals surface area contributed by atoms with Crippen molar-refractivity contribution < 1.29 is 9.13 Å². The average molecular weight is 637 g/mol. The van der Waals surface area contributed by atoms with Crippen molar-refractivity contribution in [3.05, 3.63) is 0 Å². The second-order valence-corrected chi connectivity index (χ2v) is 15.0. The minimum absolute atomic E-state index is 0.229. The molecule has 192 valence electrons. The number of alkyl halides is 7. The maximum Gasteiger partial charge on any atom is 0.294 e. The molecule has 0 spiro atoms. The van der Waals surface area contributed by atoms with Crippen LogP contribution in [0.1, 0.15) is 0 Å². The monoisotopic (exact) mass is 633 g/mol. The Balaban J connectivity index is 3.71. The standard InChI is InChI=1S/C16H32Cl7N5O2P2/c17-1-8-24(9-2-18)31(29,25(10-3-19)11-4-20)28-16-15-27(14-7-23)32(28,30)26(12-5-21)13-6-22/h1-16H2. The molecule has 7 nitrogen and oxygen atoms in total. The van der Waals surface area contributed by atoms with Gasteiger partial charge in [-0.3, -0.25) is 9.13 Å². The van der Waals surface area contributed by atoms with Gasteiger partial charge in [0, 0.05) is 100 Å². The zero-order valence-corrected chi connectivity index (χ0v) is 25.0. The summed E-state index contributed by atoms with van der Waals surface area (Å²) < 4.78 is 38.5. The highest BCUT2D eigenvalue weighted by atomic mass is 35.5. The molecule has 1 fully saturated rings. The molecular weight excluding hydrogens is 604 g/mol. The van der Waals surface area contributed by atoms with E-state index in [0.29, 0.717) is 58.9 Å². The van der Waals surface area contributed by atoms with E-state index in [1.807, 2.05) is 0 Å². The van der Waals surface area contributed by atoms with Crippen LogP contribution < -0.4 is 0 Å². The van der Waals surface area contributed by atoms with Crippen LogP contribution in [0.2, 0.25) is 0 Å². The highest BCUT2D eigenvalue weighted by Gasteiger charge is 2.57. The Kier molecular flexibility index (Phi) is 17.1. The third-order valence-electron chi connectivity index (χ3n) is 5.03. The molecule has 0 aromatic heterocycles. The SMILES string of the molecule is O=P(N(CCCl)CCCl)(N(CCCl)CCCl)N1CCN(CCCl)P1(=O)N(CCCl)CCCl. The summed E-state index contributed by atoms with van der Waals surface area (Å²) in [7, 11) is -7.20. The highest BCUT2D eigenvalue weighted by molar-refractivity contribution is 7.72. The largest absolute Gasteiger partial charge is 0.294 e. The Morgan fingerprint density at radius 2 is 1.06 bits per heavy atom. The van der Waals surface area contributed by atoms with E-state index in [1.165, 1.54) is 0 Å². The quantitative estimate of drug-likeness (QED) is 0.148. The number of halogens is 7. The van der Waals surface area contributed by atoms with Crippen LogP contribution in [0.5, 0.6) is 0 Å². The normalized spacial score (nSPS) is 20.9. The van der Waals surface area contributed by atoms with Gasteiger partial charge in [-0.15, -0.1) is 81.2 Å². The van der Waals surface area contributed by atoms with Crippen LogP contribution >= 0.6 is 96.4 Å². The van der Waals surface area contributed by atoms with Gasteiger partial charge < -0.3 is 0 Å². The Bertz CT molecular complexity index is 589. The fourth-order valence-electron chi connectivity index (χ4n) is 3.73. The molecule has 1 unspecified atom stereocenters. The van der Waals surface area contributed by atoms with E-state index < -0.39 is 15.2 Å². The maximum absolute atomic E-state index is 15.1. The number of hydrogen-bond acceptors (Lipinski definition) is 2. The van der Waals surface area contributed by atoms with Gasteiger partial charge in [0.15, 0.2) is 0 Å². The Hall–Kier alpha value is 2.29. The predicted molar refractivity (Wildman–Crippen MR) is 143 cm³/mol. The van der Waals surface area contributed by atoms with Gasteiger partial charge in [0.2, 0.25) is 0 Å². The molecular formula is C16H32Cl7N5O2P2. The minimum atomic E-state index is -3.65. The average Bonchev–Trinajstić information content (AvgIpc) is 3.10. The molecule has 32 heavy (non-hydrogen) atoms. The highest BCUT2D eigenvalue weighted by Crippen LogP contribution is 2.74. The summed E-state index contributed by atoms with van der Waals surface area (Å²) in [5, 5.41) is 0. The van der Waals surface area contributed by atoms with E-state index >= 15 is 4.57 Å². The van der Waals surface area contributed by atoms with Crippen molar-refractivity contribution in [3.63, 3.8) is 0 Å². The summed E-state index contributed by atoms with van der Waals surface area (Å²) in [4.78, 5) is 0. The Labute approximate surface area is 227 Å². The van der Waals surface area contributed by atoms with Crippen molar-refractivity contribution in [1.29, 1.82) is 0 Å². The van der Waals surface area contributed by atoms with E-state index in [9.17, 15) is 4.57 Å². The summed E-state index contributed by atoms with van der Waals surface area (Å²) >= 11 is 42.5. The molecule has 1 rings (SSSR count). The fraction of sp³-hybridized carbons (Fsp3) is 1.00. The van der Waals surface area contributed by atoms with Crippen molar-refractivity contribution in [1.82, 2.24) is 23.1 Å². The molecule has 1 atom stereocenters. The first-order chi connectivity index (χ1) is 15.4. The molecule has 0 N–H and O–H groups in total. The first-order valence-corrected chi connectivity index (χ1v) is 17.2. The first kappa shape index (κ1) is 32.3. The van der Waals surface area contributed by atoms with Crippen LogP contribution in [-0.4, -0.2) is 123 Å². The second kappa shape index (κ2) is 16.9. The van der Waals surface area contributed by atoms with Gasteiger partial charge in [-0.2, -0.15) is 4.44 Å². The van der Waals surface area contributed by atoms with Crippen molar-refractivity contribution in [2.75, 3.05) is 100 Å². The Morgan fingerprint density at radius 3 is 1.41 bits per heavy atom. The van der Waals surface area contributed by atoms with Crippen LogP contribution in [0.4, 0.5) is 0 Å². The fourth-order valence-corrected chi connectivity index (χ4v) is 14.0. The van der Waals surface area contributed by atoms with E-state index in [1.54, 1.807) is 23.1 Å². The number of rotatable bonds is 18. The zero-order valence-electron chi connectivity index (χ0n) is 17.9. The van der Waals surface area contributed by atoms with Crippen LogP contribution in [0.3, 0.4) is 0 Å². The minimum Gasteiger partial charge on any atom is -0.270 e. The molecule has 0 aromatic carbocycles. The van der Waals surface area contributed by atoms with Gasteiger partial charge in [-0.25, -0.2) is 18.7 Å². The predicted octanol–water partition coefficient (Wildman–Crippen LogP) is 5.40. The van der Waals surface area contributed by atoms with Gasteiger partial charge in [0.05, 0.1) is 0 Å². The molecule has 0 aromatic rings. The van der Waals surface area contributed by atoms with Crippen molar-refractivity contribution >= 4 is 96.4 Å². The lowest BCUT2D eigenvalue weighted by Crippen LogP contribution is -2.45. The summed E-state index contributed by atoms with van der Waals surface area (Å²) in [6.07, 6.45) is 0. The third-order valence-corrected chi connectivity index (χ3v) is 13.8. The first-order valence-electron chi connectivity index (χ1n) is 10.3.